The van der Waals surface area contributed by atoms with Crippen molar-refractivity contribution >= 4 is 17.7 Å². The molecule has 2 aliphatic rings. The number of amides is 2. The average Bonchev–Trinajstić information content (AvgIpc) is 2.89. The molecule has 0 aromatic heterocycles. The largest absolute Gasteiger partial charge is 0.478 e. The van der Waals surface area contributed by atoms with Crippen LogP contribution in [-0.2, 0) is 0 Å². The van der Waals surface area contributed by atoms with Gasteiger partial charge < -0.3 is 5.11 Å². The number of nitrogens with zero attached hydrogens (tertiary/aromatic N) is 2. The second kappa shape index (κ2) is 5.63. The maximum Gasteiger partial charge on any atom is 0.335 e. The molecule has 0 unspecified atom stereocenters. The van der Waals surface area contributed by atoms with E-state index in [4.69, 9.17) is 5.11 Å². The van der Waals surface area contributed by atoms with E-state index >= 15 is 0 Å². The standard InChI is InChI=1S/C16H15FN2O3/c17-13-6-1-2-7-14(13)19-9-8-18(16(19)22)12-5-3-4-11(10-12)15(20)21/h3-7,10H,1-2,8-9H2,(H,20,21). The fraction of sp³-hybridized carbons (Fsp3) is 0.250. The summed E-state index contributed by atoms with van der Waals surface area (Å²) in [6.07, 6.45) is 4.56. The first-order valence-electron chi connectivity index (χ1n) is 7.06. The molecule has 3 rings (SSSR count). The molecule has 22 heavy (non-hydrogen) atoms. The Morgan fingerprint density at radius 2 is 1.86 bits per heavy atom. The molecule has 0 spiro atoms. The lowest BCUT2D eigenvalue weighted by molar-refractivity contribution is 0.0697. The minimum atomic E-state index is -1.05. The van der Waals surface area contributed by atoms with Crippen LogP contribution in [0.5, 0.6) is 0 Å². The number of urea groups is 1. The second-order valence-corrected chi connectivity index (χ2v) is 5.16. The van der Waals surface area contributed by atoms with Gasteiger partial charge in [-0.2, -0.15) is 0 Å². The third-order valence-electron chi connectivity index (χ3n) is 3.78. The molecule has 2 amide bonds. The summed E-state index contributed by atoms with van der Waals surface area (Å²) in [6.45, 7) is 0.774. The van der Waals surface area contributed by atoms with E-state index in [1.54, 1.807) is 18.2 Å². The molecule has 114 valence electrons. The SMILES string of the molecule is O=C(O)c1cccc(N2CCN(C3=CCCC=C3F)C2=O)c1. The summed E-state index contributed by atoms with van der Waals surface area (Å²) < 4.78 is 13.9. The Morgan fingerprint density at radius 3 is 2.59 bits per heavy atom. The molecule has 1 N–H and O–H groups in total. The van der Waals surface area contributed by atoms with Crippen molar-refractivity contribution in [2.75, 3.05) is 18.0 Å². The highest BCUT2D eigenvalue weighted by atomic mass is 19.1. The van der Waals surface area contributed by atoms with Crippen molar-refractivity contribution < 1.29 is 19.1 Å². The monoisotopic (exact) mass is 302 g/mol. The van der Waals surface area contributed by atoms with Crippen LogP contribution >= 0.6 is 0 Å². The predicted molar refractivity (Wildman–Crippen MR) is 79.4 cm³/mol. The van der Waals surface area contributed by atoms with Gasteiger partial charge >= 0.3 is 12.0 Å². The van der Waals surface area contributed by atoms with Crippen molar-refractivity contribution in [3.63, 3.8) is 0 Å². The molecular formula is C16H15FN2O3. The van der Waals surface area contributed by atoms with Crippen LogP contribution in [0.4, 0.5) is 14.9 Å². The lowest BCUT2D eigenvalue weighted by Gasteiger charge is -2.22. The number of carbonyl (C=O) groups excluding carboxylic acids is 1. The van der Waals surface area contributed by atoms with Crippen LogP contribution in [0.2, 0.25) is 0 Å². The van der Waals surface area contributed by atoms with Crippen molar-refractivity contribution in [3.8, 4) is 0 Å². The first-order chi connectivity index (χ1) is 10.6. The molecule has 1 fully saturated rings. The number of rotatable bonds is 3. The van der Waals surface area contributed by atoms with E-state index in [1.807, 2.05) is 0 Å². The summed E-state index contributed by atoms with van der Waals surface area (Å²) >= 11 is 0. The molecule has 0 saturated carbocycles. The number of hydrogen-bond acceptors (Lipinski definition) is 2. The first-order valence-corrected chi connectivity index (χ1v) is 7.06. The molecule has 1 saturated heterocycles. The molecule has 1 heterocycles. The van der Waals surface area contributed by atoms with Gasteiger partial charge in [0.25, 0.3) is 0 Å². The van der Waals surface area contributed by atoms with Gasteiger partial charge in [0.15, 0.2) is 0 Å². The van der Waals surface area contributed by atoms with E-state index in [0.29, 0.717) is 37.3 Å². The Balaban J connectivity index is 1.85. The highest BCUT2D eigenvalue weighted by Gasteiger charge is 2.33. The number of allylic oxidation sites excluding steroid dienone is 3. The van der Waals surface area contributed by atoms with Crippen molar-refractivity contribution in [1.29, 1.82) is 0 Å². The van der Waals surface area contributed by atoms with Crippen LogP contribution in [0.25, 0.3) is 0 Å². The molecule has 0 bridgehead atoms. The smallest absolute Gasteiger partial charge is 0.335 e. The van der Waals surface area contributed by atoms with Crippen molar-refractivity contribution in [2.24, 2.45) is 0 Å². The number of anilines is 1. The second-order valence-electron chi connectivity index (χ2n) is 5.16. The van der Waals surface area contributed by atoms with Crippen LogP contribution < -0.4 is 4.90 Å². The Kier molecular flexibility index (Phi) is 3.66. The van der Waals surface area contributed by atoms with E-state index in [1.165, 1.54) is 28.0 Å². The quantitative estimate of drug-likeness (QED) is 0.933. The number of aromatic carboxylic acids is 1. The highest BCUT2D eigenvalue weighted by Crippen LogP contribution is 2.29. The lowest BCUT2D eigenvalue weighted by Crippen LogP contribution is -2.32. The van der Waals surface area contributed by atoms with Crippen molar-refractivity contribution in [1.82, 2.24) is 4.90 Å². The summed E-state index contributed by atoms with van der Waals surface area (Å²) in [6, 6.07) is 5.85. The number of hydrogen-bond donors (Lipinski definition) is 1. The fourth-order valence-electron chi connectivity index (χ4n) is 2.68. The molecule has 1 aromatic carbocycles. The molecule has 1 aliphatic carbocycles. The van der Waals surface area contributed by atoms with Crippen molar-refractivity contribution in [2.45, 2.75) is 12.8 Å². The Morgan fingerprint density at radius 1 is 1.14 bits per heavy atom. The number of benzene rings is 1. The van der Waals surface area contributed by atoms with Gasteiger partial charge in [0.1, 0.15) is 5.83 Å². The normalized spacial score (nSPS) is 18.3. The molecule has 0 atom stereocenters. The molecule has 1 aromatic rings. The van der Waals surface area contributed by atoms with E-state index in [9.17, 15) is 14.0 Å². The van der Waals surface area contributed by atoms with Gasteiger partial charge in [-0.15, -0.1) is 0 Å². The third kappa shape index (κ3) is 2.47. The Bertz CT molecular complexity index is 696. The zero-order chi connectivity index (χ0) is 15.7. The minimum Gasteiger partial charge on any atom is -0.478 e. The average molecular weight is 302 g/mol. The Hall–Kier alpha value is -2.63. The Labute approximate surface area is 126 Å². The number of halogens is 1. The maximum absolute atomic E-state index is 13.9. The zero-order valence-corrected chi connectivity index (χ0v) is 11.8. The van der Waals surface area contributed by atoms with E-state index in [-0.39, 0.29) is 17.4 Å². The topological polar surface area (TPSA) is 60.9 Å². The molecule has 0 radical (unpaired) electrons. The first kappa shape index (κ1) is 14.3. The summed E-state index contributed by atoms with van der Waals surface area (Å²) in [7, 11) is 0. The van der Waals surface area contributed by atoms with Gasteiger partial charge in [-0.3, -0.25) is 9.80 Å². The zero-order valence-electron chi connectivity index (χ0n) is 11.8. The van der Waals surface area contributed by atoms with Crippen LogP contribution in [0.1, 0.15) is 23.2 Å². The molecule has 1 aliphatic heterocycles. The maximum atomic E-state index is 13.9. The fourth-order valence-corrected chi connectivity index (χ4v) is 2.68. The third-order valence-corrected chi connectivity index (χ3v) is 3.78. The summed E-state index contributed by atoms with van der Waals surface area (Å²) in [4.78, 5) is 26.4. The lowest BCUT2D eigenvalue weighted by atomic mass is 10.1. The number of carboxylic acids is 1. The van der Waals surface area contributed by atoms with E-state index in [0.717, 1.165) is 0 Å². The van der Waals surface area contributed by atoms with Crippen molar-refractivity contribution in [3.05, 3.63) is 53.5 Å². The number of carboxylic acid groups (broad SMARTS) is 1. The van der Waals surface area contributed by atoms with Gasteiger partial charge in [0, 0.05) is 18.8 Å². The van der Waals surface area contributed by atoms with Gasteiger partial charge in [0.2, 0.25) is 0 Å². The molecule has 5 nitrogen and oxygen atoms in total. The minimum absolute atomic E-state index is 0.117. The van der Waals surface area contributed by atoms with Gasteiger partial charge in [-0.1, -0.05) is 12.1 Å². The predicted octanol–water partition coefficient (Wildman–Crippen LogP) is 3.16. The van der Waals surface area contributed by atoms with E-state index in [2.05, 4.69) is 0 Å². The summed E-state index contributed by atoms with van der Waals surface area (Å²) in [5.41, 5.74) is 0.938. The van der Waals surface area contributed by atoms with Gasteiger partial charge in [-0.05, 0) is 37.1 Å². The van der Waals surface area contributed by atoms with Crippen LogP contribution in [0.3, 0.4) is 0 Å². The number of carbonyl (C=O) groups is 2. The van der Waals surface area contributed by atoms with Gasteiger partial charge in [-0.25, -0.2) is 14.0 Å². The summed E-state index contributed by atoms with van der Waals surface area (Å²) in [5, 5.41) is 9.03. The van der Waals surface area contributed by atoms with Gasteiger partial charge in [0.05, 0.1) is 11.3 Å². The van der Waals surface area contributed by atoms with Crippen LogP contribution in [0, 0.1) is 0 Å². The highest BCUT2D eigenvalue weighted by molar-refractivity contribution is 5.97. The van der Waals surface area contributed by atoms with E-state index < -0.39 is 5.97 Å². The van der Waals surface area contributed by atoms with Crippen LogP contribution in [-0.4, -0.2) is 35.1 Å². The molecular weight excluding hydrogens is 287 g/mol. The summed E-state index contributed by atoms with van der Waals surface area (Å²) in [5.74, 6) is -1.42. The molecule has 6 heteroatoms. The van der Waals surface area contributed by atoms with Crippen LogP contribution in [0.15, 0.2) is 47.9 Å².